The lowest BCUT2D eigenvalue weighted by molar-refractivity contribution is 0.00220. The van der Waals surface area contributed by atoms with Gasteiger partial charge >= 0.3 is 0 Å². The molecule has 0 spiro atoms. The summed E-state index contributed by atoms with van der Waals surface area (Å²) >= 11 is 0. The van der Waals surface area contributed by atoms with Crippen LogP contribution >= 0.6 is 0 Å². The molecule has 0 saturated carbocycles. The number of hydrogen-bond acceptors (Lipinski definition) is 4. The number of hydrogen-bond donors (Lipinski definition) is 4. The maximum atomic E-state index is 13.6. The average molecular weight is 230 g/mol. The third-order valence-corrected chi connectivity index (χ3v) is 2.39. The molecule has 0 aliphatic heterocycles. The lowest BCUT2D eigenvalue weighted by Crippen LogP contribution is -2.21. The molecule has 0 heterocycles. The van der Waals surface area contributed by atoms with E-state index in [1.54, 1.807) is 0 Å². The van der Waals surface area contributed by atoms with Crippen molar-refractivity contribution in [2.24, 2.45) is 0 Å². The molecule has 1 aromatic carbocycles. The van der Waals surface area contributed by atoms with Gasteiger partial charge in [0.15, 0.2) is 0 Å². The number of aliphatic hydroxyl groups excluding tert-OH is 4. The first-order valence-electron chi connectivity index (χ1n) is 4.97. The fourth-order valence-electron chi connectivity index (χ4n) is 1.45. The van der Waals surface area contributed by atoms with E-state index in [0.717, 1.165) is 0 Å². The zero-order valence-electron chi connectivity index (χ0n) is 8.67. The van der Waals surface area contributed by atoms with Crippen LogP contribution in [0.25, 0.3) is 0 Å². The highest BCUT2D eigenvalue weighted by Gasteiger charge is 2.22. The molecule has 2 atom stereocenters. The van der Waals surface area contributed by atoms with Gasteiger partial charge in [-0.3, -0.25) is 0 Å². The smallest absolute Gasteiger partial charge is 0.134 e. The lowest BCUT2D eigenvalue weighted by Gasteiger charge is -2.18. The van der Waals surface area contributed by atoms with Gasteiger partial charge in [-0.05, 0) is 6.42 Å². The van der Waals surface area contributed by atoms with E-state index in [2.05, 4.69) is 0 Å². The van der Waals surface area contributed by atoms with E-state index in [1.807, 2.05) is 0 Å². The van der Waals surface area contributed by atoms with Crippen LogP contribution in [0, 0.1) is 5.82 Å². The van der Waals surface area contributed by atoms with Gasteiger partial charge in [0.05, 0.1) is 12.7 Å². The van der Waals surface area contributed by atoms with Crippen molar-refractivity contribution in [3.63, 3.8) is 0 Å². The standard InChI is InChI=1S/C11H15FO4/c12-10-7(6-14)2-1-3-8(10)11(16)9(15)4-5-13/h1-3,9,11,13-16H,4-6H2. The average Bonchev–Trinajstić information content (AvgIpc) is 2.29. The van der Waals surface area contributed by atoms with E-state index >= 15 is 0 Å². The highest BCUT2D eigenvalue weighted by atomic mass is 19.1. The van der Waals surface area contributed by atoms with Crippen molar-refractivity contribution in [1.29, 1.82) is 0 Å². The summed E-state index contributed by atoms with van der Waals surface area (Å²) in [5, 5.41) is 36.5. The maximum Gasteiger partial charge on any atom is 0.134 e. The van der Waals surface area contributed by atoms with Crippen molar-refractivity contribution in [3.8, 4) is 0 Å². The molecule has 0 aliphatic carbocycles. The van der Waals surface area contributed by atoms with Gasteiger partial charge in [0.2, 0.25) is 0 Å². The van der Waals surface area contributed by atoms with Crippen LogP contribution in [0.1, 0.15) is 23.7 Å². The maximum absolute atomic E-state index is 13.6. The van der Waals surface area contributed by atoms with E-state index in [0.29, 0.717) is 0 Å². The second-order valence-electron chi connectivity index (χ2n) is 3.50. The molecule has 0 bridgehead atoms. The number of halogens is 1. The van der Waals surface area contributed by atoms with Crippen molar-refractivity contribution < 1.29 is 24.8 Å². The van der Waals surface area contributed by atoms with Gasteiger partial charge in [-0.15, -0.1) is 0 Å². The normalized spacial score (nSPS) is 14.8. The predicted octanol–water partition coefficient (Wildman–Crippen LogP) is 0.0947. The first kappa shape index (κ1) is 13.1. The van der Waals surface area contributed by atoms with Crippen LogP contribution in [0.3, 0.4) is 0 Å². The molecule has 0 amide bonds. The van der Waals surface area contributed by atoms with E-state index < -0.39 is 24.6 Å². The molecule has 0 saturated heterocycles. The Kier molecular flexibility index (Phi) is 4.82. The van der Waals surface area contributed by atoms with Gasteiger partial charge in [0.25, 0.3) is 0 Å². The quantitative estimate of drug-likeness (QED) is 0.578. The van der Waals surface area contributed by atoms with Gasteiger partial charge < -0.3 is 20.4 Å². The molecule has 0 radical (unpaired) electrons. The first-order chi connectivity index (χ1) is 7.61. The van der Waals surface area contributed by atoms with Crippen LogP contribution in [0.4, 0.5) is 4.39 Å². The van der Waals surface area contributed by atoms with Crippen LogP contribution < -0.4 is 0 Å². The molecule has 0 aliphatic rings. The fourth-order valence-corrected chi connectivity index (χ4v) is 1.45. The van der Waals surface area contributed by atoms with E-state index in [1.165, 1.54) is 18.2 Å². The topological polar surface area (TPSA) is 80.9 Å². The highest BCUT2D eigenvalue weighted by Crippen LogP contribution is 2.23. The summed E-state index contributed by atoms with van der Waals surface area (Å²) in [6.45, 7) is -0.762. The zero-order valence-corrected chi connectivity index (χ0v) is 8.67. The molecule has 0 aromatic heterocycles. The molecule has 0 fully saturated rings. The molecule has 90 valence electrons. The van der Waals surface area contributed by atoms with E-state index in [4.69, 9.17) is 10.2 Å². The summed E-state index contributed by atoms with van der Waals surface area (Å²) in [6, 6.07) is 4.21. The summed E-state index contributed by atoms with van der Waals surface area (Å²) in [5.74, 6) is -0.727. The van der Waals surface area contributed by atoms with Crippen LogP contribution in [-0.4, -0.2) is 33.1 Å². The van der Waals surface area contributed by atoms with Gasteiger partial charge in [-0.1, -0.05) is 18.2 Å². The van der Waals surface area contributed by atoms with E-state index in [-0.39, 0.29) is 24.2 Å². The summed E-state index contributed by atoms with van der Waals surface area (Å²) in [5.41, 5.74) is -0.0137. The Balaban J connectivity index is 2.94. The Labute approximate surface area is 92.6 Å². The summed E-state index contributed by atoms with van der Waals surface area (Å²) in [4.78, 5) is 0. The number of benzene rings is 1. The molecular formula is C11H15FO4. The van der Waals surface area contributed by atoms with Gasteiger partial charge in [0.1, 0.15) is 11.9 Å². The lowest BCUT2D eigenvalue weighted by atomic mass is 9.99. The second kappa shape index (κ2) is 5.91. The van der Waals surface area contributed by atoms with Crippen molar-refractivity contribution in [2.75, 3.05) is 6.61 Å². The zero-order chi connectivity index (χ0) is 12.1. The van der Waals surface area contributed by atoms with Gasteiger partial charge in [-0.2, -0.15) is 0 Å². The Morgan fingerprint density at radius 2 is 1.88 bits per heavy atom. The molecule has 16 heavy (non-hydrogen) atoms. The highest BCUT2D eigenvalue weighted by molar-refractivity contribution is 5.27. The van der Waals surface area contributed by atoms with Crippen LogP contribution in [-0.2, 0) is 6.61 Å². The first-order valence-corrected chi connectivity index (χ1v) is 4.97. The van der Waals surface area contributed by atoms with Crippen molar-refractivity contribution >= 4 is 0 Å². The minimum absolute atomic E-state index is 0.0377. The molecule has 4 N–H and O–H groups in total. The number of aliphatic hydroxyl groups is 4. The Morgan fingerprint density at radius 1 is 1.19 bits per heavy atom. The Bertz CT molecular complexity index is 343. The number of rotatable bonds is 5. The van der Waals surface area contributed by atoms with Gasteiger partial charge in [0, 0.05) is 17.7 Å². The minimum Gasteiger partial charge on any atom is -0.396 e. The minimum atomic E-state index is -1.40. The molecule has 2 unspecified atom stereocenters. The van der Waals surface area contributed by atoms with Crippen molar-refractivity contribution in [3.05, 3.63) is 35.1 Å². The molecule has 1 rings (SSSR count). The molecule has 1 aromatic rings. The third-order valence-electron chi connectivity index (χ3n) is 2.39. The predicted molar refractivity (Wildman–Crippen MR) is 55.0 cm³/mol. The van der Waals surface area contributed by atoms with Gasteiger partial charge in [-0.25, -0.2) is 4.39 Å². The largest absolute Gasteiger partial charge is 0.396 e. The summed E-state index contributed by atoms with van der Waals surface area (Å²) in [7, 11) is 0. The monoisotopic (exact) mass is 230 g/mol. The SMILES string of the molecule is OCCC(O)C(O)c1cccc(CO)c1F. The Morgan fingerprint density at radius 3 is 2.44 bits per heavy atom. The fraction of sp³-hybridized carbons (Fsp3) is 0.455. The van der Waals surface area contributed by atoms with Crippen molar-refractivity contribution in [2.45, 2.75) is 25.2 Å². The van der Waals surface area contributed by atoms with Crippen LogP contribution in [0.2, 0.25) is 0 Å². The molecule has 5 heteroatoms. The second-order valence-corrected chi connectivity index (χ2v) is 3.50. The van der Waals surface area contributed by atoms with E-state index in [9.17, 15) is 14.6 Å². The molecule has 4 nitrogen and oxygen atoms in total. The summed E-state index contributed by atoms with van der Waals surface area (Å²) in [6.07, 6.45) is -2.67. The summed E-state index contributed by atoms with van der Waals surface area (Å²) < 4.78 is 13.6. The molecular weight excluding hydrogens is 215 g/mol. The van der Waals surface area contributed by atoms with Crippen LogP contribution in [0.5, 0.6) is 0 Å². The van der Waals surface area contributed by atoms with Crippen molar-refractivity contribution in [1.82, 2.24) is 0 Å². The Hall–Kier alpha value is -1.01. The third kappa shape index (κ3) is 2.76. The van der Waals surface area contributed by atoms with Crippen LogP contribution in [0.15, 0.2) is 18.2 Å².